The lowest BCUT2D eigenvalue weighted by atomic mass is 9.86. The van der Waals surface area contributed by atoms with E-state index in [0.717, 1.165) is 5.56 Å². The molecule has 1 fully saturated rings. The van der Waals surface area contributed by atoms with Crippen molar-refractivity contribution in [1.82, 2.24) is 0 Å². The van der Waals surface area contributed by atoms with Gasteiger partial charge in [0.05, 0.1) is 11.6 Å². The van der Waals surface area contributed by atoms with Gasteiger partial charge in [-0.3, -0.25) is 14.5 Å². The highest BCUT2D eigenvalue weighted by molar-refractivity contribution is 6.30. The van der Waals surface area contributed by atoms with Crippen LogP contribution in [-0.4, -0.2) is 11.8 Å². The second-order valence-electron chi connectivity index (χ2n) is 5.55. The summed E-state index contributed by atoms with van der Waals surface area (Å²) in [6, 6.07) is 16.6. The smallest absolute Gasteiger partial charge is 0.237 e. The number of nitrogens with zero attached hydrogens (tertiary/aromatic N) is 1. The number of hydrogen-bond acceptors (Lipinski definition) is 2. The normalized spacial score (nSPS) is 19.5. The highest BCUT2D eigenvalue weighted by Crippen LogP contribution is 2.35. The minimum absolute atomic E-state index is 0.00921. The van der Waals surface area contributed by atoms with E-state index in [0.29, 0.717) is 10.7 Å². The van der Waals surface area contributed by atoms with E-state index < -0.39 is 0 Å². The number of carbonyl (C=O) groups excluding carboxylic acids is 2. The van der Waals surface area contributed by atoms with Gasteiger partial charge in [0, 0.05) is 11.4 Å². The summed E-state index contributed by atoms with van der Waals surface area (Å²) in [7, 11) is 0. The quantitative estimate of drug-likeness (QED) is 0.802. The summed E-state index contributed by atoms with van der Waals surface area (Å²) in [4.78, 5) is 26.3. The van der Waals surface area contributed by atoms with Gasteiger partial charge in [0.1, 0.15) is 0 Å². The summed E-state index contributed by atoms with van der Waals surface area (Å²) in [5.74, 6) is -0.593. The van der Waals surface area contributed by atoms with Crippen molar-refractivity contribution in [3.8, 4) is 0 Å². The SMILES string of the molecule is C[C@H](c1ccccc1)[C@H]1CC(=O)N(c2ccc(Cl)cc2)C1=O. The number of anilines is 1. The molecule has 0 N–H and O–H groups in total. The monoisotopic (exact) mass is 313 g/mol. The van der Waals surface area contributed by atoms with Crippen LogP contribution in [-0.2, 0) is 9.59 Å². The molecule has 3 nitrogen and oxygen atoms in total. The van der Waals surface area contributed by atoms with Crippen LogP contribution in [0.25, 0.3) is 0 Å². The maximum absolute atomic E-state index is 12.7. The van der Waals surface area contributed by atoms with E-state index in [4.69, 9.17) is 11.6 Å². The molecule has 0 saturated carbocycles. The number of benzene rings is 2. The van der Waals surface area contributed by atoms with Gasteiger partial charge in [-0.15, -0.1) is 0 Å². The number of rotatable bonds is 3. The second kappa shape index (κ2) is 5.93. The van der Waals surface area contributed by atoms with E-state index >= 15 is 0 Å². The van der Waals surface area contributed by atoms with Crippen LogP contribution in [0, 0.1) is 5.92 Å². The van der Waals surface area contributed by atoms with Crippen LogP contribution in [0.5, 0.6) is 0 Å². The van der Waals surface area contributed by atoms with E-state index in [1.54, 1.807) is 24.3 Å². The zero-order valence-electron chi connectivity index (χ0n) is 12.2. The molecule has 112 valence electrons. The first-order valence-electron chi connectivity index (χ1n) is 7.25. The number of amides is 2. The van der Waals surface area contributed by atoms with Gasteiger partial charge in [0.25, 0.3) is 0 Å². The molecule has 1 saturated heterocycles. The average molecular weight is 314 g/mol. The minimum atomic E-state index is -0.314. The molecule has 2 aromatic rings. The predicted octanol–water partition coefficient (Wildman–Crippen LogP) is 4.02. The topological polar surface area (TPSA) is 37.4 Å². The van der Waals surface area contributed by atoms with Crippen molar-refractivity contribution in [2.45, 2.75) is 19.3 Å². The highest BCUT2D eigenvalue weighted by atomic mass is 35.5. The first kappa shape index (κ1) is 14.8. The summed E-state index contributed by atoms with van der Waals surface area (Å²) in [6.07, 6.45) is 0.248. The fourth-order valence-corrected chi connectivity index (χ4v) is 3.02. The molecular formula is C18H16ClNO2. The van der Waals surface area contributed by atoms with Crippen molar-refractivity contribution in [1.29, 1.82) is 0 Å². The van der Waals surface area contributed by atoms with Crippen molar-refractivity contribution in [2.24, 2.45) is 5.92 Å². The minimum Gasteiger partial charge on any atom is -0.274 e. The molecule has 2 aromatic carbocycles. The second-order valence-corrected chi connectivity index (χ2v) is 5.99. The summed E-state index contributed by atoms with van der Waals surface area (Å²) in [6.45, 7) is 2.00. The van der Waals surface area contributed by atoms with Gasteiger partial charge < -0.3 is 0 Å². The van der Waals surface area contributed by atoms with Gasteiger partial charge in [0.2, 0.25) is 11.8 Å². The van der Waals surface area contributed by atoms with Crippen LogP contribution in [0.1, 0.15) is 24.8 Å². The number of hydrogen-bond donors (Lipinski definition) is 0. The Hall–Kier alpha value is -2.13. The first-order valence-corrected chi connectivity index (χ1v) is 7.63. The standard InChI is InChI=1S/C18H16ClNO2/c1-12(13-5-3-2-4-6-13)16-11-17(21)20(18(16)22)15-9-7-14(19)8-10-15/h2-10,12,16H,11H2,1H3/t12-,16-/m1/s1. The fourth-order valence-electron chi connectivity index (χ4n) is 2.90. The third-order valence-corrected chi connectivity index (χ3v) is 4.45. The van der Waals surface area contributed by atoms with Crippen molar-refractivity contribution < 1.29 is 9.59 Å². The predicted molar refractivity (Wildman–Crippen MR) is 86.9 cm³/mol. The molecule has 22 heavy (non-hydrogen) atoms. The lowest BCUT2D eigenvalue weighted by Gasteiger charge is -2.19. The van der Waals surface area contributed by atoms with Crippen LogP contribution in [0.15, 0.2) is 54.6 Å². The van der Waals surface area contributed by atoms with Crippen molar-refractivity contribution in [3.05, 3.63) is 65.2 Å². The van der Waals surface area contributed by atoms with Crippen LogP contribution in [0.2, 0.25) is 5.02 Å². The molecule has 1 heterocycles. The Morgan fingerprint density at radius 3 is 2.32 bits per heavy atom. The number of halogens is 1. The molecule has 0 aromatic heterocycles. The van der Waals surface area contributed by atoms with E-state index in [-0.39, 0.29) is 30.1 Å². The molecule has 0 spiro atoms. The third-order valence-electron chi connectivity index (χ3n) is 4.20. The Morgan fingerprint density at radius 2 is 1.68 bits per heavy atom. The van der Waals surface area contributed by atoms with Crippen molar-refractivity contribution >= 4 is 29.1 Å². The fraction of sp³-hybridized carbons (Fsp3) is 0.222. The molecule has 0 aliphatic carbocycles. The number of imide groups is 1. The first-order chi connectivity index (χ1) is 10.6. The van der Waals surface area contributed by atoms with Crippen molar-refractivity contribution in [3.63, 3.8) is 0 Å². The Morgan fingerprint density at radius 1 is 1.05 bits per heavy atom. The molecule has 1 aliphatic rings. The maximum Gasteiger partial charge on any atom is 0.237 e. The van der Waals surface area contributed by atoms with Gasteiger partial charge in [-0.1, -0.05) is 48.9 Å². The summed E-state index contributed by atoms with van der Waals surface area (Å²) >= 11 is 5.86. The zero-order chi connectivity index (χ0) is 15.7. The summed E-state index contributed by atoms with van der Waals surface area (Å²) in [5, 5.41) is 0.581. The Balaban J connectivity index is 1.87. The van der Waals surface area contributed by atoms with Gasteiger partial charge >= 0.3 is 0 Å². The maximum atomic E-state index is 12.7. The molecule has 1 aliphatic heterocycles. The molecule has 2 amide bonds. The largest absolute Gasteiger partial charge is 0.274 e. The Labute approximate surface area is 134 Å². The number of carbonyl (C=O) groups is 2. The zero-order valence-corrected chi connectivity index (χ0v) is 13.0. The van der Waals surface area contributed by atoms with Gasteiger partial charge in [-0.2, -0.15) is 0 Å². The van der Waals surface area contributed by atoms with E-state index in [9.17, 15) is 9.59 Å². The van der Waals surface area contributed by atoms with E-state index in [1.807, 2.05) is 37.3 Å². The summed E-state index contributed by atoms with van der Waals surface area (Å²) in [5.41, 5.74) is 1.66. The molecule has 0 unspecified atom stereocenters. The van der Waals surface area contributed by atoms with Gasteiger partial charge in [-0.05, 0) is 35.7 Å². The molecule has 2 atom stereocenters. The van der Waals surface area contributed by atoms with Crippen LogP contribution >= 0.6 is 11.6 Å². The van der Waals surface area contributed by atoms with Crippen LogP contribution in [0.4, 0.5) is 5.69 Å². The van der Waals surface area contributed by atoms with Crippen LogP contribution < -0.4 is 4.90 Å². The van der Waals surface area contributed by atoms with Gasteiger partial charge in [-0.25, -0.2) is 0 Å². The van der Waals surface area contributed by atoms with Crippen molar-refractivity contribution in [2.75, 3.05) is 4.90 Å². The molecular weight excluding hydrogens is 298 g/mol. The van der Waals surface area contributed by atoms with E-state index in [1.165, 1.54) is 4.90 Å². The summed E-state index contributed by atoms with van der Waals surface area (Å²) < 4.78 is 0. The lowest BCUT2D eigenvalue weighted by molar-refractivity contribution is -0.122. The Bertz CT molecular complexity index is 697. The molecule has 3 rings (SSSR count). The van der Waals surface area contributed by atoms with E-state index in [2.05, 4.69) is 0 Å². The Kier molecular flexibility index (Phi) is 3.99. The highest BCUT2D eigenvalue weighted by Gasteiger charge is 2.42. The molecule has 4 heteroatoms. The lowest BCUT2D eigenvalue weighted by Crippen LogP contribution is -2.31. The van der Waals surface area contributed by atoms with Gasteiger partial charge in [0.15, 0.2) is 0 Å². The molecule has 0 radical (unpaired) electrons. The third kappa shape index (κ3) is 2.64. The average Bonchev–Trinajstić information content (AvgIpc) is 2.83. The van der Waals surface area contributed by atoms with Crippen LogP contribution in [0.3, 0.4) is 0 Å². The molecule has 0 bridgehead atoms.